The van der Waals surface area contributed by atoms with Crippen molar-refractivity contribution in [2.45, 2.75) is 12.5 Å². The molecule has 1 atom stereocenters. The Morgan fingerprint density at radius 2 is 2.04 bits per heavy atom. The van der Waals surface area contributed by atoms with Gasteiger partial charge in [0.15, 0.2) is 0 Å². The lowest BCUT2D eigenvalue weighted by Crippen LogP contribution is -2.38. The number of hydrogen-bond donors (Lipinski definition) is 2. The number of anilines is 2. The van der Waals surface area contributed by atoms with Gasteiger partial charge in [-0.25, -0.2) is 9.78 Å². The standard InChI is InChI=1S/C14H17ClN4O4/c15-9-5-11(18-1-3-23-4-2-18)17-12(6-9)19-8-10(7-13(19)20)16-14(21)22/h5-6,10,16H,1-4,7-8H2,(H,21,22)/t10-/m1/s1. The van der Waals surface area contributed by atoms with E-state index in [1.807, 2.05) is 4.90 Å². The fourth-order valence-corrected chi connectivity index (χ4v) is 2.96. The second-order valence-electron chi connectivity index (χ2n) is 5.46. The molecule has 2 saturated heterocycles. The monoisotopic (exact) mass is 340 g/mol. The van der Waals surface area contributed by atoms with Crippen molar-refractivity contribution in [1.82, 2.24) is 10.3 Å². The largest absolute Gasteiger partial charge is 0.465 e. The third-order valence-corrected chi connectivity index (χ3v) is 4.05. The van der Waals surface area contributed by atoms with E-state index in [1.54, 1.807) is 12.1 Å². The SMILES string of the molecule is O=C(O)N[C@@H]1CC(=O)N(c2cc(Cl)cc(N3CCOCC3)n2)C1. The Labute approximate surface area is 138 Å². The molecule has 0 aliphatic carbocycles. The Kier molecular flexibility index (Phi) is 4.53. The van der Waals surface area contributed by atoms with Crippen LogP contribution in [-0.2, 0) is 9.53 Å². The van der Waals surface area contributed by atoms with Gasteiger partial charge in [0.2, 0.25) is 5.91 Å². The molecule has 9 heteroatoms. The fourth-order valence-electron chi connectivity index (χ4n) is 2.76. The molecule has 3 heterocycles. The summed E-state index contributed by atoms with van der Waals surface area (Å²) in [6.07, 6.45) is -1.02. The van der Waals surface area contributed by atoms with E-state index >= 15 is 0 Å². The Hall–Kier alpha value is -2.06. The van der Waals surface area contributed by atoms with Gasteiger partial charge in [-0.05, 0) is 12.1 Å². The molecule has 3 rings (SSSR count). The van der Waals surface area contributed by atoms with Crippen molar-refractivity contribution in [2.24, 2.45) is 0 Å². The summed E-state index contributed by atoms with van der Waals surface area (Å²) in [6.45, 7) is 2.92. The molecule has 2 fully saturated rings. The summed E-state index contributed by atoms with van der Waals surface area (Å²) in [5.74, 6) is 0.961. The second kappa shape index (κ2) is 6.59. The quantitative estimate of drug-likeness (QED) is 0.850. The third kappa shape index (κ3) is 3.65. The first kappa shape index (κ1) is 15.8. The number of carboxylic acid groups (broad SMARTS) is 1. The van der Waals surface area contributed by atoms with E-state index in [1.165, 1.54) is 4.90 Å². The summed E-state index contributed by atoms with van der Waals surface area (Å²) in [4.78, 5) is 30.9. The molecule has 1 aromatic heterocycles. The van der Waals surface area contributed by atoms with Gasteiger partial charge in [0.1, 0.15) is 11.6 Å². The van der Waals surface area contributed by atoms with Crippen LogP contribution in [0.1, 0.15) is 6.42 Å². The highest BCUT2D eigenvalue weighted by Gasteiger charge is 2.33. The van der Waals surface area contributed by atoms with Crippen LogP contribution in [0.4, 0.5) is 16.4 Å². The van der Waals surface area contributed by atoms with Gasteiger partial charge in [0.25, 0.3) is 0 Å². The lowest BCUT2D eigenvalue weighted by Gasteiger charge is -2.29. The molecule has 0 spiro atoms. The van der Waals surface area contributed by atoms with Crippen molar-refractivity contribution in [3.63, 3.8) is 0 Å². The number of ether oxygens (including phenoxy) is 1. The molecule has 0 aromatic carbocycles. The topological polar surface area (TPSA) is 95.0 Å². The summed E-state index contributed by atoms with van der Waals surface area (Å²) < 4.78 is 5.32. The first-order valence-corrected chi connectivity index (χ1v) is 7.71. The predicted molar refractivity (Wildman–Crippen MR) is 84.2 cm³/mol. The number of hydrogen-bond acceptors (Lipinski definition) is 5. The molecule has 23 heavy (non-hydrogen) atoms. The summed E-state index contributed by atoms with van der Waals surface area (Å²) in [5, 5.41) is 11.6. The maximum absolute atomic E-state index is 12.1. The van der Waals surface area contributed by atoms with E-state index in [4.69, 9.17) is 21.4 Å². The van der Waals surface area contributed by atoms with Crippen molar-refractivity contribution >= 4 is 35.2 Å². The number of halogens is 1. The van der Waals surface area contributed by atoms with Crippen LogP contribution in [0, 0.1) is 0 Å². The van der Waals surface area contributed by atoms with Crippen molar-refractivity contribution in [3.8, 4) is 0 Å². The number of morpholine rings is 1. The van der Waals surface area contributed by atoms with E-state index < -0.39 is 12.1 Å². The van der Waals surface area contributed by atoms with Gasteiger partial charge in [-0.1, -0.05) is 11.6 Å². The van der Waals surface area contributed by atoms with Crippen LogP contribution in [0.2, 0.25) is 5.02 Å². The maximum Gasteiger partial charge on any atom is 0.404 e. The lowest BCUT2D eigenvalue weighted by molar-refractivity contribution is -0.117. The average Bonchev–Trinajstić information content (AvgIpc) is 2.87. The number of pyridine rings is 1. The molecular formula is C14H17ClN4O4. The first-order chi connectivity index (χ1) is 11.0. The normalized spacial score (nSPS) is 21.6. The molecule has 0 radical (unpaired) electrons. The number of carbonyl (C=O) groups excluding carboxylic acids is 1. The van der Waals surface area contributed by atoms with Gasteiger partial charge in [-0.2, -0.15) is 0 Å². The van der Waals surface area contributed by atoms with Crippen molar-refractivity contribution in [3.05, 3.63) is 17.2 Å². The Morgan fingerprint density at radius 3 is 2.74 bits per heavy atom. The molecule has 124 valence electrons. The zero-order valence-corrected chi connectivity index (χ0v) is 13.1. The third-order valence-electron chi connectivity index (χ3n) is 3.83. The molecule has 8 nitrogen and oxygen atoms in total. The molecule has 0 unspecified atom stereocenters. The van der Waals surface area contributed by atoms with Crippen LogP contribution in [-0.4, -0.2) is 61.0 Å². The van der Waals surface area contributed by atoms with Crippen LogP contribution in [0.15, 0.2) is 12.1 Å². The van der Waals surface area contributed by atoms with Crippen LogP contribution in [0.25, 0.3) is 0 Å². The molecule has 0 saturated carbocycles. The fraction of sp³-hybridized carbons (Fsp3) is 0.500. The van der Waals surface area contributed by atoms with Gasteiger partial charge >= 0.3 is 6.09 Å². The summed E-state index contributed by atoms with van der Waals surface area (Å²) in [7, 11) is 0. The van der Waals surface area contributed by atoms with E-state index in [9.17, 15) is 9.59 Å². The molecule has 0 bridgehead atoms. The van der Waals surface area contributed by atoms with Crippen LogP contribution >= 0.6 is 11.6 Å². The molecule has 2 aliphatic heterocycles. The highest BCUT2D eigenvalue weighted by molar-refractivity contribution is 6.31. The number of aromatic nitrogens is 1. The summed E-state index contributed by atoms with van der Waals surface area (Å²) >= 11 is 6.17. The zero-order valence-electron chi connectivity index (χ0n) is 12.4. The minimum Gasteiger partial charge on any atom is -0.465 e. The van der Waals surface area contributed by atoms with Gasteiger partial charge in [-0.15, -0.1) is 0 Å². The van der Waals surface area contributed by atoms with E-state index in [0.717, 1.165) is 0 Å². The Bertz CT molecular complexity index is 621. The van der Waals surface area contributed by atoms with E-state index in [-0.39, 0.29) is 18.9 Å². The van der Waals surface area contributed by atoms with E-state index in [2.05, 4.69) is 10.3 Å². The Morgan fingerprint density at radius 1 is 1.35 bits per heavy atom. The van der Waals surface area contributed by atoms with Crippen LogP contribution in [0.5, 0.6) is 0 Å². The number of amides is 2. The van der Waals surface area contributed by atoms with Gasteiger partial charge < -0.3 is 20.1 Å². The van der Waals surface area contributed by atoms with E-state index in [0.29, 0.717) is 43.0 Å². The molecular weight excluding hydrogens is 324 g/mol. The number of carbonyl (C=O) groups is 2. The minimum absolute atomic E-state index is 0.118. The number of nitrogens with zero attached hydrogens (tertiary/aromatic N) is 3. The highest BCUT2D eigenvalue weighted by Crippen LogP contribution is 2.27. The van der Waals surface area contributed by atoms with Crippen LogP contribution < -0.4 is 15.1 Å². The molecule has 2 amide bonds. The van der Waals surface area contributed by atoms with Crippen molar-refractivity contribution in [1.29, 1.82) is 0 Å². The zero-order chi connectivity index (χ0) is 16.4. The smallest absolute Gasteiger partial charge is 0.404 e. The van der Waals surface area contributed by atoms with Crippen molar-refractivity contribution < 1.29 is 19.4 Å². The molecule has 1 aromatic rings. The number of nitrogens with one attached hydrogen (secondary N) is 1. The van der Waals surface area contributed by atoms with Gasteiger partial charge in [0.05, 0.1) is 19.3 Å². The molecule has 2 aliphatic rings. The van der Waals surface area contributed by atoms with Gasteiger partial charge in [-0.3, -0.25) is 9.69 Å². The second-order valence-corrected chi connectivity index (χ2v) is 5.89. The maximum atomic E-state index is 12.1. The summed E-state index contributed by atoms with van der Waals surface area (Å²) in [5.41, 5.74) is 0. The Balaban J connectivity index is 1.80. The first-order valence-electron chi connectivity index (χ1n) is 7.33. The highest BCUT2D eigenvalue weighted by atomic mass is 35.5. The summed E-state index contributed by atoms with van der Waals surface area (Å²) in [6, 6.07) is 2.93. The molecule has 2 N–H and O–H groups in total. The van der Waals surface area contributed by atoms with Crippen LogP contribution in [0.3, 0.4) is 0 Å². The number of rotatable bonds is 3. The van der Waals surface area contributed by atoms with Crippen molar-refractivity contribution in [2.75, 3.05) is 42.6 Å². The van der Waals surface area contributed by atoms with Gasteiger partial charge in [0, 0.05) is 31.1 Å². The predicted octanol–water partition coefficient (Wildman–Crippen LogP) is 0.944. The minimum atomic E-state index is -1.14. The average molecular weight is 341 g/mol. The lowest BCUT2D eigenvalue weighted by atomic mass is 10.3.